The maximum Gasteiger partial charge on any atom is 0.337 e. The van der Waals surface area contributed by atoms with E-state index in [-0.39, 0.29) is 23.0 Å². The molecule has 0 N–H and O–H groups in total. The highest BCUT2D eigenvalue weighted by atomic mass is 35.5. The first kappa shape index (κ1) is 21.3. The van der Waals surface area contributed by atoms with E-state index in [1.165, 1.54) is 25.3 Å². The van der Waals surface area contributed by atoms with Crippen LogP contribution in [0.4, 0.5) is 0 Å². The molecule has 0 amide bonds. The minimum atomic E-state index is -0.963. The molecule has 1 atom stereocenters. The van der Waals surface area contributed by atoms with E-state index in [9.17, 15) is 14.4 Å². The summed E-state index contributed by atoms with van der Waals surface area (Å²) in [5, 5.41) is -0.963. The summed E-state index contributed by atoms with van der Waals surface area (Å²) in [4.78, 5) is 36.6. The number of hydrogen-bond acceptors (Lipinski definition) is 6. The van der Waals surface area contributed by atoms with E-state index in [1.54, 1.807) is 54.6 Å². The minimum Gasteiger partial charge on any atom is -0.465 e. The molecule has 1 aliphatic heterocycles. The Labute approximate surface area is 189 Å². The van der Waals surface area contributed by atoms with Gasteiger partial charge in [-0.25, -0.2) is 9.59 Å². The summed E-state index contributed by atoms with van der Waals surface area (Å²) in [6.07, 6.45) is 1.57. The van der Waals surface area contributed by atoms with Crippen molar-refractivity contribution in [1.82, 2.24) is 0 Å². The van der Waals surface area contributed by atoms with Gasteiger partial charge < -0.3 is 14.2 Å². The van der Waals surface area contributed by atoms with Crippen molar-refractivity contribution >= 4 is 35.4 Å². The molecule has 0 spiro atoms. The number of ether oxygens (including phenoxy) is 3. The predicted octanol–water partition coefficient (Wildman–Crippen LogP) is 4.97. The lowest BCUT2D eigenvalue weighted by molar-refractivity contribution is -0.134. The fourth-order valence-electron chi connectivity index (χ4n) is 3.14. The van der Waals surface area contributed by atoms with Gasteiger partial charge in [-0.05, 0) is 41.5 Å². The number of benzene rings is 3. The van der Waals surface area contributed by atoms with Crippen LogP contribution < -0.4 is 9.47 Å². The molecule has 0 aromatic heterocycles. The Morgan fingerprint density at radius 2 is 1.72 bits per heavy atom. The summed E-state index contributed by atoms with van der Waals surface area (Å²) >= 11 is 6.20. The maximum atomic E-state index is 12.7. The second-order valence-corrected chi connectivity index (χ2v) is 7.34. The zero-order chi connectivity index (χ0) is 22.7. The molecule has 160 valence electrons. The average molecular weight is 449 g/mol. The second kappa shape index (κ2) is 9.08. The number of halogens is 1. The van der Waals surface area contributed by atoms with Crippen molar-refractivity contribution in [3.05, 3.63) is 101 Å². The molecule has 1 heterocycles. The summed E-state index contributed by atoms with van der Waals surface area (Å²) in [6, 6.07) is 19.9. The van der Waals surface area contributed by atoms with E-state index in [0.717, 1.165) is 0 Å². The van der Waals surface area contributed by atoms with Gasteiger partial charge in [0.25, 0.3) is 0 Å². The van der Waals surface area contributed by atoms with Crippen LogP contribution >= 0.6 is 11.6 Å². The highest BCUT2D eigenvalue weighted by Gasteiger charge is 2.28. The van der Waals surface area contributed by atoms with Gasteiger partial charge in [-0.3, -0.25) is 4.79 Å². The first-order chi connectivity index (χ1) is 15.5. The summed E-state index contributed by atoms with van der Waals surface area (Å²) < 4.78 is 15.7. The molecule has 4 rings (SSSR count). The van der Waals surface area contributed by atoms with E-state index in [4.69, 9.17) is 21.1 Å². The number of Topliss-reactive ketones (excluding diaryl/α,β-unsaturated/α-hetero) is 1. The third kappa shape index (κ3) is 4.40. The largest absolute Gasteiger partial charge is 0.465 e. The van der Waals surface area contributed by atoms with E-state index >= 15 is 0 Å². The number of ketones is 1. The fourth-order valence-corrected chi connectivity index (χ4v) is 3.33. The summed E-state index contributed by atoms with van der Waals surface area (Å²) in [6.45, 7) is 0. The number of carbonyl (C=O) groups excluding carboxylic acids is 3. The van der Waals surface area contributed by atoms with Crippen LogP contribution in [-0.2, 0) is 9.53 Å². The molecule has 0 saturated heterocycles. The van der Waals surface area contributed by atoms with Gasteiger partial charge in [0, 0.05) is 6.07 Å². The van der Waals surface area contributed by atoms with E-state index in [0.29, 0.717) is 22.3 Å². The molecule has 3 aromatic rings. The van der Waals surface area contributed by atoms with Crippen LogP contribution in [0.2, 0.25) is 0 Å². The molecule has 0 bridgehead atoms. The number of methoxy groups -OCH3 is 1. The number of esters is 2. The van der Waals surface area contributed by atoms with Gasteiger partial charge in [0.15, 0.2) is 11.1 Å². The van der Waals surface area contributed by atoms with Gasteiger partial charge in [-0.15, -0.1) is 11.6 Å². The quantitative estimate of drug-likeness (QED) is 0.237. The number of fused-ring (bicyclic) bond motifs is 1. The molecule has 0 aliphatic carbocycles. The normalized spacial score (nSPS) is 14.4. The van der Waals surface area contributed by atoms with Gasteiger partial charge in [-0.2, -0.15) is 0 Å². The van der Waals surface area contributed by atoms with E-state index < -0.39 is 17.3 Å². The topological polar surface area (TPSA) is 78.9 Å². The molecule has 0 saturated carbocycles. The average Bonchev–Trinajstić information content (AvgIpc) is 3.13. The summed E-state index contributed by atoms with van der Waals surface area (Å²) in [7, 11) is 1.31. The molecular weight excluding hydrogens is 432 g/mol. The van der Waals surface area contributed by atoms with Crippen molar-refractivity contribution in [2.45, 2.75) is 5.38 Å². The number of alkyl halides is 1. The van der Waals surface area contributed by atoms with Gasteiger partial charge in [0.05, 0.1) is 18.2 Å². The monoisotopic (exact) mass is 448 g/mol. The van der Waals surface area contributed by atoms with Crippen LogP contribution in [0, 0.1) is 0 Å². The van der Waals surface area contributed by atoms with Crippen molar-refractivity contribution in [3.63, 3.8) is 0 Å². The SMILES string of the molecule is COC(=O)c1ccc(/C=C2\Oc3cc(OC(=O)C(Cl)c4ccccc4)ccc3C2=O)cc1. The molecule has 0 fully saturated rings. The van der Waals surface area contributed by atoms with Gasteiger partial charge >= 0.3 is 11.9 Å². The third-order valence-corrected chi connectivity index (χ3v) is 5.22. The van der Waals surface area contributed by atoms with Gasteiger partial charge in [0.1, 0.15) is 11.5 Å². The Morgan fingerprint density at radius 3 is 2.41 bits per heavy atom. The Morgan fingerprint density at radius 1 is 1.00 bits per heavy atom. The lowest BCUT2D eigenvalue weighted by Gasteiger charge is -2.10. The Hall–Kier alpha value is -3.90. The molecule has 3 aromatic carbocycles. The highest BCUT2D eigenvalue weighted by Crippen LogP contribution is 2.35. The first-order valence-electron chi connectivity index (χ1n) is 9.63. The number of hydrogen-bond donors (Lipinski definition) is 0. The lowest BCUT2D eigenvalue weighted by atomic mass is 10.1. The van der Waals surface area contributed by atoms with Crippen molar-refractivity contribution < 1.29 is 28.6 Å². The molecule has 32 heavy (non-hydrogen) atoms. The Kier molecular flexibility index (Phi) is 6.05. The molecule has 0 radical (unpaired) electrons. The molecule has 1 unspecified atom stereocenters. The van der Waals surface area contributed by atoms with Crippen LogP contribution in [-0.4, -0.2) is 24.8 Å². The zero-order valence-corrected chi connectivity index (χ0v) is 17.7. The Balaban J connectivity index is 1.49. The van der Waals surface area contributed by atoms with Crippen LogP contribution in [0.25, 0.3) is 6.08 Å². The molecule has 1 aliphatic rings. The number of rotatable bonds is 5. The van der Waals surface area contributed by atoms with Gasteiger partial charge in [0.2, 0.25) is 5.78 Å². The van der Waals surface area contributed by atoms with Crippen LogP contribution in [0.15, 0.2) is 78.6 Å². The van der Waals surface area contributed by atoms with Crippen molar-refractivity contribution in [2.75, 3.05) is 7.11 Å². The fraction of sp³-hybridized carbons (Fsp3) is 0.0800. The van der Waals surface area contributed by atoms with Crippen molar-refractivity contribution in [1.29, 1.82) is 0 Å². The number of allylic oxidation sites excluding steroid dienone is 1. The minimum absolute atomic E-state index is 0.119. The summed E-state index contributed by atoms with van der Waals surface area (Å²) in [5.41, 5.74) is 2.05. The molecular formula is C25H17ClO6. The molecule has 6 nitrogen and oxygen atoms in total. The lowest BCUT2D eigenvalue weighted by Crippen LogP contribution is -2.14. The smallest absolute Gasteiger partial charge is 0.337 e. The standard InChI is InChI=1S/C25H17ClO6/c1-30-24(28)17-9-7-15(8-10-17)13-21-23(27)19-12-11-18(14-20(19)32-21)31-25(29)22(26)16-5-3-2-4-6-16/h2-14,22H,1H3/b21-13-. The van der Waals surface area contributed by atoms with E-state index in [2.05, 4.69) is 4.74 Å². The summed E-state index contributed by atoms with van der Waals surface area (Å²) in [5.74, 6) is -0.763. The maximum absolute atomic E-state index is 12.7. The van der Waals surface area contributed by atoms with Crippen LogP contribution in [0.3, 0.4) is 0 Å². The second-order valence-electron chi connectivity index (χ2n) is 6.91. The Bertz CT molecular complexity index is 1210. The highest BCUT2D eigenvalue weighted by molar-refractivity contribution is 6.30. The predicted molar refractivity (Wildman–Crippen MR) is 118 cm³/mol. The number of carbonyl (C=O) groups is 3. The first-order valence-corrected chi connectivity index (χ1v) is 10.1. The third-order valence-electron chi connectivity index (χ3n) is 4.79. The van der Waals surface area contributed by atoms with Crippen LogP contribution in [0.5, 0.6) is 11.5 Å². The zero-order valence-electron chi connectivity index (χ0n) is 16.9. The molecule has 7 heteroatoms. The van der Waals surface area contributed by atoms with Crippen LogP contribution in [0.1, 0.15) is 37.2 Å². The van der Waals surface area contributed by atoms with Crippen molar-refractivity contribution in [2.24, 2.45) is 0 Å². The van der Waals surface area contributed by atoms with Crippen molar-refractivity contribution in [3.8, 4) is 11.5 Å². The van der Waals surface area contributed by atoms with E-state index in [1.807, 2.05) is 6.07 Å². The van der Waals surface area contributed by atoms with Gasteiger partial charge in [-0.1, -0.05) is 42.5 Å².